The molecule has 1 rings (SSSR count). The Labute approximate surface area is 101 Å². The van der Waals surface area contributed by atoms with Crippen LogP contribution in [0.25, 0.3) is 0 Å². The first-order chi connectivity index (χ1) is 7.67. The van der Waals surface area contributed by atoms with Crippen LogP contribution in [-0.4, -0.2) is 19.0 Å². The first kappa shape index (κ1) is 15.2. The quantitative estimate of drug-likeness (QED) is 0.723. The SMILES string of the molecule is CCC.CCCC(c1ccccc1)N(C)C. The minimum atomic E-state index is 0.575. The second-order valence-electron chi connectivity index (χ2n) is 4.39. The van der Waals surface area contributed by atoms with Crippen LogP contribution < -0.4 is 0 Å². The zero-order valence-corrected chi connectivity index (χ0v) is 11.5. The summed E-state index contributed by atoms with van der Waals surface area (Å²) in [4.78, 5) is 2.29. The highest BCUT2D eigenvalue weighted by Gasteiger charge is 2.11. The molecule has 1 heteroatoms. The molecule has 0 radical (unpaired) electrons. The summed E-state index contributed by atoms with van der Waals surface area (Å²) < 4.78 is 0. The van der Waals surface area contributed by atoms with Crippen molar-refractivity contribution in [1.29, 1.82) is 0 Å². The molecule has 1 unspecified atom stereocenters. The maximum Gasteiger partial charge on any atom is 0.0341 e. The molecule has 0 heterocycles. The Hall–Kier alpha value is -0.820. The Morgan fingerprint density at radius 3 is 1.88 bits per heavy atom. The molecule has 0 bridgehead atoms. The summed E-state index contributed by atoms with van der Waals surface area (Å²) in [7, 11) is 4.29. The van der Waals surface area contributed by atoms with Gasteiger partial charge in [-0.2, -0.15) is 0 Å². The van der Waals surface area contributed by atoms with Crippen molar-refractivity contribution in [3.63, 3.8) is 0 Å². The molecule has 0 aliphatic heterocycles. The first-order valence-corrected chi connectivity index (χ1v) is 6.38. The summed E-state index contributed by atoms with van der Waals surface area (Å²) in [5.41, 5.74) is 1.43. The lowest BCUT2D eigenvalue weighted by Gasteiger charge is -2.24. The van der Waals surface area contributed by atoms with Gasteiger partial charge >= 0.3 is 0 Å². The molecule has 0 aromatic heterocycles. The lowest BCUT2D eigenvalue weighted by Crippen LogP contribution is -2.19. The van der Waals surface area contributed by atoms with Crippen LogP contribution in [0.5, 0.6) is 0 Å². The number of hydrogen-bond donors (Lipinski definition) is 0. The number of rotatable bonds is 4. The summed E-state index contributed by atoms with van der Waals surface area (Å²) in [6.07, 6.45) is 3.72. The molecule has 16 heavy (non-hydrogen) atoms. The van der Waals surface area contributed by atoms with Crippen molar-refractivity contribution >= 4 is 0 Å². The smallest absolute Gasteiger partial charge is 0.0341 e. The Balaban J connectivity index is 0.000000673. The summed E-state index contributed by atoms with van der Waals surface area (Å²) in [6, 6.07) is 11.3. The van der Waals surface area contributed by atoms with Crippen LogP contribution in [0, 0.1) is 0 Å². The third kappa shape index (κ3) is 5.92. The minimum Gasteiger partial charge on any atom is -0.302 e. The molecule has 0 spiro atoms. The van der Waals surface area contributed by atoms with Crippen molar-refractivity contribution in [2.24, 2.45) is 0 Å². The van der Waals surface area contributed by atoms with Crippen molar-refractivity contribution in [3.8, 4) is 0 Å². The second kappa shape index (κ2) is 9.41. The Kier molecular flexibility index (Phi) is 8.93. The van der Waals surface area contributed by atoms with Crippen LogP contribution >= 0.6 is 0 Å². The predicted molar refractivity (Wildman–Crippen MR) is 73.7 cm³/mol. The lowest BCUT2D eigenvalue weighted by molar-refractivity contribution is 0.282. The lowest BCUT2D eigenvalue weighted by atomic mass is 10.0. The molecular weight excluding hydrogens is 194 g/mol. The fraction of sp³-hybridized carbons (Fsp3) is 0.600. The van der Waals surface area contributed by atoms with E-state index in [0.29, 0.717) is 6.04 Å². The van der Waals surface area contributed by atoms with Crippen LogP contribution in [-0.2, 0) is 0 Å². The van der Waals surface area contributed by atoms with Gasteiger partial charge in [0.25, 0.3) is 0 Å². The molecule has 1 aromatic carbocycles. The molecule has 0 aliphatic carbocycles. The molecule has 0 fully saturated rings. The van der Waals surface area contributed by atoms with E-state index in [9.17, 15) is 0 Å². The van der Waals surface area contributed by atoms with Crippen LogP contribution in [0.2, 0.25) is 0 Å². The Morgan fingerprint density at radius 2 is 1.50 bits per heavy atom. The largest absolute Gasteiger partial charge is 0.302 e. The summed E-state index contributed by atoms with van der Waals surface area (Å²) in [6.45, 7) is 6.49. The molecular formula is C15H27N. The van der Waals surface area contributed by atoms with Gasteiger partial charge in [0.2, 0.25) is 0 Å². The summed E-state index contributed by atoms with van der Waals surface area (Å²) in [5.74, 6) is 0. The molecule has 0 saturated carbocycles. The van der Waals surface area contributed by atoms with Crippen LogP contribution in [0.15, 0.2) is 30.3 Å². The van der Waals surface area contributed by atoms with E-state index in [1.165, 1.54) is 24.8 Å². The predicted octanol–water partition coefficient (Wildman–Crippen LogP) is 4.51. The Bertz CT molecular complexity index is 241. The van der Waals surface area contributed by atoms with Crippen molar-refractivity contribution in [1.82, 2.24) is 4.90 Å². The van der Waals surface area contributed by atoms with Crippen molar-refractivity contribution in [2.45, 2.75) is 46.1 Å². The standard InChI is InChI=1S/C12H19N.C3H8/c1-4-8-12(13(2)3)11-9-6-5-7-10-11;1-3-2/h5-7,9-10,12H,4,8H2,1-3H3;3H2,1-2H3. The summed E-state index contributed by atoms with van der Waals surface area (Å²) >= 11 is 0. The normalized spacial score (nSPS) is 11.9. The molecule has 1 atom stereocenters. The minimum absolute atomic E-state index is 0.575. The van der Waals surface area contributed by atoms with E-state index >= 15 is 0 Å². The zero-order chi connectivity index (χ0) is 12.4. The third-order valence-electron chi connectivity index (χ3n) is 2.37. The topological polar surface area (TPSA) is 3.24 Å². The zero-order valence-electron chi connectivity index (χ0n) is 11.5. The monoisotopic (exact) mass is 221 g/mol. The van der Waals surface area contributed by atoms with Gasteiger partial charge in [0, 0.05) is 6.04 Å². The van der Waals surface area contributed by atoms with E-state index in [0.717, 1.165) is 0 Å². The van der Waals surface area contributed by atoms with Gasteiger partial charge in [0.15, 0.2) is 0 Å². The molecule has 1 aromatic rings. The van der Waals surface area contributed by atoms with Gasteiger partial charge in [-0.25, -0.2) is 0 Å². The maximum absolute atomic E-state index is 2.29. The molecule has 0 amide bonds. The average molecular weight is 221 g/mol. The molecule has 92 valence electrons. The van der Waals surface area contributed by atoms with Gasteiger partial charge in [-0.1, -0.05) is 63.9 Å². The Morgan fingerprint density at radius 1 is 1.00 bits per heavy atom. The van der Waals surface area contributed by atoms with E-state index in [1.807, 2.05) is 0 Å². The molecule has 0 saturated heterocycles. The van der Waals surface area contributed by atoms with Gasteiger partial charge in [-0.3, -0.25) is 0 Å². The maximum atomic E-state index is 2.29. The first-order valence-electron chi connectivity index (χ1n) is 6.38. The van der Waals surface area contributed by atoms with E-state index in [1.54, 1.807) is 0 Å². The van der Waals surface area contributed by atoms with Crippen LogP contribution in [0.3, 0.4) is 0 Å². The molecule has 1 nitrogen and oxygen atoms in total. The van der Waals surface area contributed by atoms with E-state index in [4.69, 9.17) is 0 Å². The fourth-order valence-corrected chi connectivity index (χ4v) is 1.67. The third-order valence-corrected chi connectivity index (χ3v) is 2.37. The number of benzene rings is 1. The highest BCUT2D eigenvalue weighted by Crippen LogP contribution is 2.22. The summed E-state index contributed by atoms with van der Waals surface area (Å²) in [5, 5.41) is 0. The second-order valence-corrected chi connectivity index (χ2v) is 4.39. The van der Waals surface area contributed by atoms with Crippen molar-refractivity contribution in [2.75, 3.05) is 14.1 Å². The van der Waals surface area contributed by atoms with E-state index < -0.39 is 0 Å². The van der Waals surface area contributed by atoms with Crippen LogP contribution in [0.4, 0.5) is 0 Å². The van der Waals surface area contributed by atoms with Gasteiger partial charge in [0.1, 0.15) is 0 Å². The van der Waals surface area contributed by atoms with Gasteiger partial charge in [-0.05, 0) is 26.1 Å². The van der Waals surface area contributed by atoms with Crippen molar-refractivity contribution in [3.05, 3.63) is 35.9 Å². The van der Waals surface area contributed by atoms with Crippen molar-refractivity contribution < 1.29 is 0 Å². The van der Waals surface area contributed by atoms with Gasteiger partial charge in [-0.15, -0.1) is 0 Å². The highest BCUT2D eigenvalue weighted by atomic mass is 15.1. The van der Waals surface area contributed by atoms with Gasteiger partial charge < -0.3 is 4.90 Å². The number of hydrogen-bond acceptors (Lipinski definition) is 1. The average Bonchev–Trinajstić information content (AvgIpc) is 2.28. The number of nitrogens with zero attached hydrogens (tertiary/aromatic N) is 1. The fourth-order valence-electron chi connectivity index (χ4n) is 1.67. The molecule has 0 aliphatic rings. The molecule has 0 N–H and O–H groups in total. The van der Waals surface area contributed by atoms with E-state index in [2.05, 4.69) is 70.1 Å². The van der Waals surface area contributed by atoms with E-state index in [-0.39, 0.29) is 0 Å². The van der Waals surface area contributed by atoms with Crippen LogP contribution in [0.1, 0.15) is 51.6 Å². The highest BCUT2D eigenvalue weighted by molar-refractivity contribution is 5.18. The van der Waals surface area contributed by atoms with Gasteiger partial charge in [0.05, 0.1) is 0 Å².